The van der Waals surface area contributed by atoms with E-state index in [1.165, 1.54) is 0 Å². The standard InChI is InChI=1S/C43H52N4O5/c1-9-27-29(11-3)42-41(40-25(22-50)17-26(51-7)18-39(40)52-8)43-30(12-4)28(10-2)36(47-43)20-34-24(6)32(14-16-49)38(45-34)21-37-31(13-15-48)23(5)33(44-37)19-35(27)46-42/h17-21,44-45,48-50H,9-16,22H2,1-8H3. The Bertz CT molecular complexity index is 2110. The van der Waals surface area contributed by atoms with Crippen molar-refractivity contribution in [2.75, 3.05) is 27.4 Å². The highest BCUT2D eigenvalue weighted by atomic mass is 16.5. The molecular weight excluding hydrogens is 652 g/mol. The summed E-state index contributed by atoms with van der Waals surface area (Å²) in [6.07, 6.45) is 4.02. The number of ether oxygens (including phenoxy) is 2. The maximum absolute atomic E-state index is 10.9. The lowest BCUT2D eigenvalue weighted by Crippen LogP contribution is -2.02. The average molecular weight is 705 g/mol. The highest BCUT2D eigenvalue weighted by Crippen LogP contribution is 2.49. The first kappa shape index (κ1) is 37.1. The molecule has 4 aromatic rings. The largest absolute Gasteiger partial charge is 0.497 e. The highest BCUT2D eigenvalue weighted by Gasteiger charge is 2.31. The van der Waals surface area contributed by atoms with Crippen LogP contribution in [0.25, 0.3) is 55.5 Å². The van der Waals surface area contributed by atoms with E-state index in [4.69, 9.17) is 19.4 Å². The molecular formula is C43H52N4O5. The van der Waals surface area contributed by atoms with Gasteiger partial charge in [-0.05, 0) is 127 Å². The maximum atomic E-state index is 10.9. The van der Waals surface area contributed by atoms with Crippen molar-refractivity contribution in [3.8, 4) is 22.6 Å². The molecule has 0 radical (unpaired) electrons. The molecule has 2 aliphatic heterocycles. The van der Waals surface area contributed by atoms with Gasteiger partial charge in [-0.15, -0.1) is 0 Å². The van der Waals surface area contributed by atoms with Crippen molar-refractivity contribution in [1.29, 1.82) is 0 Å². The molecule has 274 valence electrons. The minimum atomic E-state index is -0.234. The average Bonchev–Trinajstić information content (AvgIpc) is 3.86. The second kappa shape index (κ2) is 15.5. The van der Waals surface area contributed by atoms with E-state index in [0.717, 1.165) is 126 Å². The lowest BCUT2D eigenvalue weighted by molar-refractivity contribution is 0.280. The van der Waals surface area contributed by atoms with Crippen LogP contribution in [0.1, 0.15) is 104 Å². The number of rotatable bonds is 12. The maximum Gasteiger partial charge on any atom is 0.130 e. The third-order valence-corrected chi connectivity index (χ3v) is 10.8. The van der Waals surface area contributed by atoms with Crippen LogP contribution < -0.4 is 9.47 Å². The third-order valence-electron chi connectivity index (χ3n) is 10.8. The zero-order chi connectivity index (χ0) is 37.3. The first-order valence-corrected chi connectivity index (χ1v) is 18.5. The summed E-state index contributed by atoms with van der Waals surface area (Å²) < 4.78 is 11.7. The number of aliphatic hydroxyl groups excluding tert-OH is 3. The number of hydrogen-bond acceptors (Lipinski definition) is 7. The van der Waals surface area contributed by atoms with E-state index in [1.54, 1.807) is 14.2 Å². The van der Waals surface area contributed by atoms with Crippen LogP contribution in [0.3, 0.4) is 0 Å². The number of methoxy groups -OCH3 is 2. The van der Waals surface area contributed by atoms with Crippen molar-refractivity contribution in [2.24, 2.45) is 0 Å². The Morgan fingerprint density at radius 3 is 1.44 bits per heavy atom. The predicted molar refractivity (Wildman–Crippen MR) is 211 cm³/mol. The van der Waals surface area contributed by atoms with E-state index in [9.17, 15) is 15.3 Å². The molecule has 0 atom stereocenters. The summed E-state index contributed by atoms with van der Waals surface area (Å²) in [7, 11) is 3.25. The van der Waals surface area contributed by atoms with Crippen LogP contribution in [0.2, 0.25) is 0 Å². The molecule has 5 N–H and O–H groups in total. The van der Waals surface area contributed by atoms with Crippen molar-refractivity contribution in [1.82, 2.24) is 19.9 Å². The van der Waals surface area contributed by atoms with Crippen molar-refractivity contribution in [3.63, 3.8) is 0 Å². The zero-order valence-corrected chi connectivity index (χ0v) is 31.8. The summed E-state index contributed by atoms with van der Waals surface area (Å²) in [4.78, 5) is 18.3. The van der Waals surface area contributed by atoms with E-state index >= 15 is 0 Å². The summed E-state index contributed by atoms with van der Waals surface area (Å²) in [6, 6.07) is 10.1. The van der Waals surface area contributed by atoms with Crippen LogP contribution in [-0.2, 0) is 19.4 Å². The number of aryl methyl sites for hydroxylation is 2. The summed E-state index contributed by atoms with van der Waals surface area (Å²) in [5.74, 6) is 1.16. The fraction of sp³-hybridized carbons (Fsp3) is 0.395. The van der Waals surface area contributed by atoms with Gasteiger partial charge in [-0.25, -0.2) is 9.97 Å². The van der Waals surface area contributed by atoms with Crippen LogP contribution in [-0.4, -0.2) is 62.7 Å². The molecule has 9 nitrogen and oxygen atoms in total. The molecule has 0 saturated carbocycles. The van der Waals surface area contributed by atoms with Crippen LogP contribution in [0.15, 0.2) is 30.3 Å². The normalized spacial score (nSPS) is 13.1. The molecule has 0 unspecified atom stereocenters. The van der Waals surface area contributed by atoms with Crippen molar-refractivity contribution < 1.29 is 24.8 Å². The summed E-state index contributed by atoms with van der Waals surface area (Å²) in [6.45, 7) is 12.6. The van der Waals surface area contributed by atoms with E-state index in [1.807, 2.05) is 12.1 Å². The minimum Gasteiger partial charge on any atom is -0.497 e. The summed E-state index contributed by atoms with van der Waals surface area (Å²) >= 11 is 0. The molecule has 6 rings (SSSR count). The first-order chi connectivity index (χ1) is 25.2. The Morgan fingerprint density at radius 2 is 1.06 bits per heavy atom. The molecule has 8 bridgehead atoms. The predicted octanol–water partition coefficient (Wildman–Crippen LogP) is 8.64. The van der Waals surface area contributed by atoms with Gasteiger partial charge in [-0.1, -0.05) is 27.7 Å². The third kappa shape index (κ3) is 6.25. The minimum absolute atomic E-state index is 0.0176. The number of H-pyrrole nitrogens is 2. The van der Waals surface area contributed by atoms with E-state index < -0.39 is 0 Å². The SMILES string of the molecule is CCC1=C(CC)c2nc1cc1[nH]c(cc3[nH]c(cc4nc(c2-c2c(CO)cc(OC)cc2OC)C(CC)=C4CC)c(C)c3CCO)c(CCO)c1C. The van der Waals surface area contributed by atoms with Crippen LogP contribution in [0, 0.1) is 13.8 Å². The Labute approximate surface area is 306 Å². The van der Waals surface area contributed by atoms with Gasteiger partial charge in [0.15, 0.2) is 0 Å². The first-order valence-electron chi connectivity index (χ1n) is 18.5. The Kier molecular flexibility index (Phi) is 11.0. The molecule has 5 heterocycles. The molecule has 9 heteroatoms. The lowest BCUT2D eigenvalue weighted by atomic mass is 9.88. The lowest BCUT2D eigenvalue weighted by Gasteiger charge is -2.19. The molecule has 0 fully saturated rings. The molecule has 0 aliphatic carbocycles. The quantitative estimate of drug-likeness (QED) is 0.0996. The highest BCUT2D eigenvalue weighted by molar-refractivity contribution is 6.04. The van der Waals surface area contributed by atoms with Gasteiger partial charge in [-0.2, -0.15) is 0 Å². The number of nitrogens with zero attached hydrogens (tertiary/aromatic N) is 2. The number of fused-ring (bicyclic) bond motifs is 8. The van der Waals surface area contributed by atoms with Gasteiger partial charge in [0.25, 0.3) is 0 Å². The van der Waals surface area contributed by atoms with E-state index in [-0.39, 0.29) is 19.8 Å². The number of aromatic amines is 2. The number of benzene rings is 1. The number of allylic oxidation sites excluding steroid dienone is 4. The zero-order valence-electron chi connectivity index (χ0n) is 31.8. The Balaban J connectivity index is 1.95. The van der Waals surface area contributed by atoms with Gasteiger partial charge in [0.1, 0.15) is 11.5 Å². The van der Waals surface area contributed by atoms with Gasteiger partial charge in [0, 0.05) is 52.5 Å². The molecule has 0 amide bonds. The smallest absolute Gasteiger partial charge is 0.130 e. The molecule has 0 spiro atoms. The van der Waals surface area contributed by atoms with Crippen molar-refractivity contribution in [3.05, 3.63) is 80.9 Å². The monoisotopic (exact) mass is 704 g/mol. The number of aliphatic hydroxyl groups is 3. The fourth-order valence-corrected chi connectivity index (χ4v) is 8.17. The second-order valence-electron chi connectivity index (χ2n) is 13.4. The van der Waals surface area contributed by atoms with Crippen molar-refractivity contribution >= 4 is 44.4 Å². The van der Waals surface area contributed by atoms with Crippen LogP contribution >= 0.6 is 0 Å². The van der Waals surface area contributed by atoms with Gasteiger partial charge in [0.05, 0.1) is 43.6 Å². The summed E-state index contributed by atoms with van der Waals surface area (Å²) in [5.41, 5.74) is 18.1. The van der Waals surface area contributed by atoms with Gasteiger partial charge < -0.3 is 34.8 Å². The molecule has 0 saturated heterocycles. The van der Waals surface area contributed by atoms with Crippen LogP contribution in [0.4, 0.5) is 0 Å². The fourth-order valence-electron chi connectivity index (χ4n) is 8.17. The van der Waals surface area contributed by atoms with E-state index in [0.29, 0.717) is 29.9 Å². The van der Waals surface area contributed by atoms with Gasteiger partial charge in [-0.3, -0.25) is 0 Å². The number of aromatic nitrogens is 4. The number of nitrogens with one attached hydrogen (secondary N) is 2. The molecule has 3 aromatic heterocycles. The van der Waals surface area contributed by atoms with Gasteiger partial charge >= 0.3 is 0 Å². The van der Waals surface area contributed by atoms with E-state index in [2.05, 4.69) is 69.7 Å². The Hall–Kier alpha value is -4.70. The topological polar surface area (TPSA) is 137 Å². The van der Waals surface area contributed by atoms with Crippen molar-refractivity contribution in [2.45, 2.75) is 86.7 Å². The molecule has 1 aromatic carbocycles. The van der Waals surface area contributed by atoms with Gasteiger partial charge in [0.2, 0.25) is 0 Å². The number of hydrogen-bond donors (Lipinski definition) is 5. The Morgan fingerprint density at radius 1 is 0.577 bits per heavy atom. The van der Waals surface area contributed by atoms with Crippen LogP contribution in [0.5, 0.6) is 11.5 Å². The summed E-state index contributed by atoms with van der Waals surface area (Å²) in [5, 5.41) is 31.2. The second-order valence-corrected chi connectivity index (χ2v) is 13.4. The molecule has 2 aliphatic rings. The molecule has 52 heavy (non-hydrogen) atoms.